The summed E-state index contributed by atoms with van der Waals surface area (Å²) in [5.74, 6) is 0.271. The number of piperidine rings is 1. The normalized spacial score (nSPS) is 21.4. The molecule has 104 valence electrons. The Kier molecular flexibility index (Phi) is 3.86. The minimum Gasteiger partial charge on any atom is -0.337 e. The molecule has 1 amide bonds. The zero-order valence-corrected chi connectivity index (χ0v) is 12.0. The molecule has 0 atom stereocenters. The topological polar surface area (TPSA) is 49.6 Å². The molecule has 1 saturated heterocycles. The molecule has 3 rings (SSSR count). The lowest BCUT2D eigenvalue weighted by Crippen LogP contribution is -2.46. The Bertz CT molecular complexity index is 451. The number of fused-ring (bicyclic) bond motifs is 1. The molecule has 0 unspecified atom stereocenters. The highest BCUT2D eigenvalue weighted by molar-refractivity contribution is 7.10. The number of hydrogen-bond acceptors (Lipinski definition) is 4. The van der Waals surface area contributed by atoms with Crippen LogP contribution in [0.2, 0.25) is 0 Å². The fraction of sp³-hybridized carbons (Fsp3) is 0.643. The van der Waals surface area contributed by atoms with E-state index in [1.165, 1.54) is 10.4 Å². The first-order valence-corrected chi connectivity index (χ1v) is 7.91. The quantitative estimate of drug-likeness (QED) is 0.880. The Morgan fingerprint density at radius 1 is 1.37 bits per heavy atom. The van der Waals surface area contributed by atoms with Gasteiger partial charge >= 0.3 is 0 Å². The van der Waals surface area contributed by atoms with E-state index < -0.39 is 0 Å². The van der Waals surface area contributed by atoms with Crippen molar-refractivity contribution in [2.45, 2.75) is 31.8 Å². The van der Waals surface area contributed by atoms with E-state index in [1.807, 2.05) is 16.2 Å². The van der Waals surface area contributed by atoms with Gasteiger partial charge in [0.1, 0.15) is 0 Å². The van der Waals surface area contributed by atoms with Gasteiger partial charge in [0.15, 0.2) is 0 Å². The molecule has 1 aromatic rings. The molecular formula is C14H21N3OS. The largest absolute Gasteiger partial charge is 0.337 e. The van der Waals surface area contributed by atoms with Crippen molar-refractivity contribution in [2.75, 3.05) is 26.2 Å². The van der Waals surface area contributed by atoms with Crippen LogP contribution in [-0.2, 0) is 17.8 Å². The number of nitrogens with two attached hydrogens (primary N) is 1. The maximum absolute atomic E-state index is 12.3. The summed E-state index contributed by atoms with van der Waals surface area (Å²) in [6, 6.07) is 2.48. The number of rotatable bonds is 2. The first-order valence-electron chi connectivity index (χ1n) is 7.03. The third-order valence-electron chi connectivity index (χ3n) is 4.15. The van der Waals surface area contributed by atoms with Crippen LogP contribution in [0.1, 0.15) is 23.3 Å². The molecule has 2 aliphatic rings. The molecule has 0 aromatic carbocycles. The Balaban J connectivity index is 1.54. The maximum Gasteiger partial charge on any atom is 0.237 e. The van der Waals surface area contributed by atoms with Gasteiger partial charge in [0, 0.05) is 37.1 Å². The van der Waals surface area contributed by atoms with Crippen molar-refractivity contribution in [3.63, 3.8) is 0 Å². The van der Waals surface area contributed by atoms with Crippen molar-refractivity contribution in [2.24, 2.45) is 5.73 Å². The second kappa shape index (κ2) is 5.61. The lowest BCUT2D eigenvalue weighted by molar-refractivity contribution is -0.133. The third-order valence-corrected chi connectivity index (χ3v) is 5.17. The highest BCUT2D eigenvalue weighted by atomic mass is 32.1. The average Bonchev–Trinajstić information content (AvgIpc) is 2.88. The van der Waals surface area contributed by atoms with Gasteiger partial charge < -0.3 is 10.6 Å². The van der Waals surface area contributed by atoms with Crippen molar-refractivity contribution >= 4 is 17.2 Å². The van der Waals surface area contributed by atoms with Gasteiger partial charge in [-0.15, -0.1) is 11.3 Å². The molecule has 2 N–H and O–H groups in total. The summed E-state index contributed by atoms with van der Waals surface area (Å²) in [7, 11) is 0. The molecule has 19 heavy (non-hydrogen) atoms. The molecule has 3 heterocycles. The molecule has 0 radical (unpaired) electrons. The van der Waals surface area contributed by atoms with Gasteiger partial charge in [-0.2, -0.15) is 0 Å². The van der Waals surface area contributed by atoms with Gasteiger partial charge in [0.25, 0.3) is 0 Å². The molecule has 0 saturated carbocycles. The maximum atomic E-state index is 12.3. The van der Waals surface area contributed by atoms with E-state index in [2.05, 4.69) is 16.3 Å². The second-order valence-corrected chi connectivity index (χ2v) is 6.55. The molecule has 1 aromatic heterocycles. The molecule has 5 heteroatoms. The first kappa shape index (κ1) is 13.1. The van der Waals surface area contributed by atoms with E-state index >= 15 is 0 Å². The number of hydrogen-bond donors (Lipinski definition) is 1. The minimum absolute atomic E-state index is 0.271. The average molecular weight is 279 g/mol. The van der Waals surface area contributed by atoms with Gasteiger partial charge in [0.05, 0.1) is 6.54 Å². The smallest absolute Gasteiger partial charge is 0.237 e. The summed E-state index contributed by atoms with van der Waals surface area (Å²) < 4.78 is 0. The summed E-state index contributed by atoms with van der Waals surface area (Å²) in [4.78, 5) is 18.0. The Morgan fingerprint density at radius 2 is 2.16 bits per heavy atom. The van der Waals surface area contributed by atoms with Gasteiger partial charge in [-0.25, -0.2) is 0 Å². The van der Waals surface area contributed by atoms with Crippen molar-refractivity contribution in [3.8, 4) is 0 Å². The van der Waals surface area contributed by atoms with Crippen LogP contribution in [0.25, 0.3) is 0 Å². The number of amides is 1. The fourth-order valence-corrected chi connectivity index (χ4v) is 3.75. The second-order valence-electron chi connectivity index (χ2n) is 5.55. The number of carbonyl (C=O) groups is 1. The Morgan fingerprint density at radius 3 is 2.95 bits per heavy atom. The van der Waals surface area contributed by atoms with Crippen LogP contribution in [-0.4, -0.2) is 47.9 Å². The Labute approximate surface area is 118 Å². The molecule has 1 fully saturated rings. The van der Waals surface area contributed by atoms with Crippen molar-refractivity contribution in [1.82, 2.24) is 9.80 Å². The molecular weight excluding hydrogens is 258 g/mol. The van der Waals surface area contributed by atoms with Crippen LogP contribution in [0.4, 0.5) is 0 Å². The summed E-state index contributed by atoms with van der Waals surface area (Å²) >= 11 is 1.81. The molecule has 0 spiro atoms. The highest BCUT2D eigenvalue weighted by Gasteiger charge is 2.24. The van der Waals surface area contributed by atoms with E-state index in [4.69, 9.17) is 5.73 Å². The molecule has 0 aliphatic carbocycles. The predicted molar refractivity (Wildman–Crippen MR) is 77.1 cm³/mol. The van der Waals surface area contributed by atoms with Crippen LogP contribution in [0.15, 0.2) is 11.4 Å². The van der Waals surface area contributed by atoms with Crippen LogP contribution in [0.5, 0.6) is 0 Å². The summed E-state index contributed by atoms with van der Waals surface area (Å²) in [6.45, 7) is 4.16. The third kappa shape index (κ3) is 2.99. The van der Waals surface area contributed by atoms with E-state index in [1.54, 1.807) is 0 Å². The van der Waals surface area contributed by atoms with Crippen LogP contribution in [0, 0.1) is 0 Å². The van der Waals surface area contributed by atoms with Crippen molar-refractivity contribution < 1.29 is 4.79 Å². The first-order chi connectivity index (χ1) is 9.22. The lowest BCUT2D eigenvalue weighted by Gasteiger charge is -2.33. The zero-order chi connectivity index (χ0) is 13.2. The van der Waals surface area contributed by atoms with Crippen molar-refractivity contribution in [3.05, 3.63) is 21.9 Å². The minimum atomic E-state index is 0.271. The monoisotopic (exact) mass is 279 g/mol. The van der Waals surface area contributed by atoms with Crippen LogP contribution >= 0.6 is 11.3 Å². The number of carbonyl (C=O) groups excluding carboxylic acids is 1. The van der Waals surface area contributed by atoms with Crippen LogP contribution < -0.4 is 5.73 Å². The van der Waals surface area contributed by atoms with E-state index in [0.29, 0.717) is 12.6 Å². The van der Waals surface area contributed by atoms with Gasteiger partial charge in [0.2, 0.25) is 5.91 Å². The molecule has 4 nitrogen and oxygen atoms in total. The van der Waals surface area contributed by atoms with Gasteiger partial charge in [-0.05, 0) is 36.3 Å². The molecule has 0 bridgehead atoms. The summed E-state index contributed by atoms with van der Waals surface area (Å²) in [6.07, 6.45) is 3.05. The van der Waals surface area contributed by atoms with E-state index in [9.17, 15) is 4.79 Å². The number of nitrogens with zero attached hydrogens (tertiary/aromatic N) is 2. The lowest BCUT2D eigenvalue weighted by atomic mass is 10.1. The summed E-state index contributed by atoms with van der Waals surface area (Å²) in [5, 5.41) is 2.13. The SMILES string of the molecule is NC1CCN(CC(=O)N2CCc3sccc3C2)CC1. The zero-order valence-electron chi connectivity index (χ0n) is 11.2. The van der Waals surface area contributed by atoms with E-state index in [0.717, 1.165) is 45.4 Å². The van der Waals surface area contributed by atoms with Crippen LogP contribution in [0.3, 0.4) is 0 Å². The number of thiophene rings is 1. The van der Waals surface area contributed by atoms with Gasteiger partial charge in [-0.1, -0.05) is 0 Å². The van der Waals surface area contributed by atoms with Crippen molar-refractivity contribution in [1.29, 1.82) is 0 Å². The predicted octanol–water partition coefficient (Wildman–Crippen LogP) is 1.06. The standard InChI is InChI=1S/C14H21N3OS/c15-12-1-5-16(6-2-12)10-14(18)17-7-3-13-11(9-17)4-8-19-13/h4,8,12H,1-3,5-7,9-10,15H2. The van der Waals surface area contributed by atoms with E-state index in [-0.39, 0.29) is 5.91 Å². The Hall–Kier alpha value is -0.910. The highest BCUT2D eigenvalue weighted by Crippen LogP contribution is 2.24. The fourth-order valence-electron chi connectivity index (χ4n) is 2.86. The molecule has 2 aliphatic heterocycles. The van der Waals surface area contributed by atoms with Gasteiger partial charge in [-0.3, -0.25) is 9.69 Å². The summed E-state index contributed by atoms with van der Waals surface area (Å²) in [5.41, 5.74) is 7.23. The number of likely N-dealkylation sites (tertiary alicyclic amines) is 1.